The largest absolute Gasteiger partial charge is 0.359 e. The van der Waals surface area contributed by atoms with Crippen LogP contribution in [0.2, 0.25) is 0 Å². The van der Waals surface area contributed by atoms with E-state index >= 15 is 0 Å². The summed E-state index contributed by atoms with van der Waals surface area (Å²) in [6.45, 7) is 2.57. The minimum Gasteiger partial charge on any atom is -0.359 e. The van der Waals surface area contributed by atoms with Gasteiger partial charge in [0, 0.05) is 24.7 Å². The number of nitrogens with zero attached hydrogens (tertiary/aromatic N) is 2. The van der Waals surface area contributed by atoms with E-state index in [1.165, 1.54) is 0 Å². The van der Waals surface area contributed by atoms with Gasteiger partial charge in [-0.15, -0.1) is 0 Å². The fourth-order valence-corrected chi connectivity index (χ4v) is 2.18. The van der Waals surface area contributed by atoms with Crippen LogP contribution in [0, 0.1) is 0 Å². The highest BCUT2D eigenvalue weighted by atomic mass is 16.5. The van der Waals surface area contributed by atoms with Crippen LogP contribution in [0.5, 0.6) is 0 Å². The zero-order valence-corrected chi connectivity index (χ0v) is 10.5. The quantitative estimate of drug-likeness (QED) is 0.899. The number of nitrogens with one attached hydrogen (secondary N) is 1. The van der Waals surface area contributed by atoms with Crippen LogP contribution in [0.3, 0.4) is 0 Å². The summed E-state index contributed by atoms with van der Waals surface area (Å²) < 4.78 is 5.33. The van der Waals surface area contributed by atoms with Gasteiger partial charge < -0.3 is 9.84 Å². The summed E-state index contributed by atoms with van der Waals surface area (Å²) in [4.78, 5) is 13.3. The average molecular weight is 257 g/mol. The Morgan fingerprint density at radius 3 is 2.95 bits per heavy atom. The first-order chi connectivity index (χ1) is 9.31. The molecule has 0 aliphatic carbocycles. The fraction of sp³-hybridized carbons (Fsp3) is 0.286. The molecule has 1 aliphatic heterocycles. The molecule has 0 atom stereocenters. The molecule has 3 rings (SSSR count). The summed E-state index contributed by atoms with van der Waals surface area (Å²) in [6.07, 6.45) is 0. The maximum atomic E-state index is 11.3. The first-order valence-electron chi connectivity index (χ1n) is 6.31. The molecule has 0 bridgehead atoms. The van der Waals surface area contributed by atoms with Gasteiger partial charge in [-0.05, 0) is 0 Å². The molecule has 2 aromatic rings. The number of aromatic nitrogens is 1. The molecular weight excluding hydrogens is 242 g/mol. The van der Waals surface area contributed by atoms with Crippen molar-refractivity contribution >= 4 is 5.91 Å². The van der Waals surface area contributed by atoms with Gasteiger partial charge in [-0.2, -0.15) is 0 Å². The van der Waals surface area contributed by atoms with Crippen molar-refractivity contribution in [2.75, 3.05) is 19.6 Å². The van der Waals surface area contributed by atoms with Gasteiger partial charge in [-0.25, -0.2) is 0 Å². The topological polar surface area (TPSA) is 58.4 Å². The molecule has 1 aromatic carbocycles. The minimum atomic E-state index is 0.0639. The summed E-state index contributed by atoms with van der Waals surface area (Å²) in [7, 11) is 0. The molecular formula is C14H15N3O2. The van der Waals surface area contributed by atoms with Crippen LogP contribution in [0.4, 0.5) is 0 Å². The van der Waals surface area contributed by atoms with Crippen LogP contribution in [-0.2, 0) is 11.3 Å². The molecule has 19 heavy (non-hydrogen) atoms. The van der Waals surface area contributed by atoms with Crippen LogP contribution in [0.15, 0.2) is 40.9 Å². The van der Waals surface area contributed by atoms with Crippen LogP contribution in [0.1, 0.15) is 5.76 Å². The Hall–Kier alpha value is -2.14. The molecule has 0 radical (unpaired) electrons. The number of carbonyl (C=O) groups excluding carboxylic acids is 1. The van der Waals surface area contributed by atoms with Crippen molar-refractivity contribution in [2.45, 2.75) is 6.54 Å². The number of piperazine rings is 1. The van der Waals surface area contributed by atoms with Gasteiger partial charge in [-0.3, -0.25) is 9.69 Å². The molecule has 0 saturated carbocycles. The van der Waals surface area contributed by atoms with Gasteiger partial charge >= 0.3 is 0 Å². The summed E-state index contributed by atoms with van der Waals surface area (Å²) in [5.41, 5.74) is 1.87. The smallest absolute Gasteiger partial charge is 0.234 e. The predicted octanol–water partition coefficient (Wildman–Crippen LogP) is 1.27. The Balaban J connectivity index is 1.70. The predicted molar refractivity (Wildman–Crippen MR) is 70.2 cm³/mol. The van der Waals surface area contributed by atoms with E-state index in [0.717, 1.165) is 23.6 Å². The highest BCUT2D eigenvalue weighted by Crippen LogP contribution is 2.19. The van der Waals surface area contributed by atoms with E-state index in [1.54, 1.807) is 0 Å². The Kier molecular flexibility index (Phi) is 3.29. The van der Waals surface area contributed by atoms with Gasteiger partial charge in [0.05, 0.1) is 13.1 Å². The third-order valence-corrected chi connectivity index (χ3v) is 3.13. The third kappa shape index (κ3) is 2.82. The summed E-state index contributed by atoms with van der Waals surface area (Å²) >= 11 is 0. The second-order valence-electron chi connectivity index (χ2n) is 4.61. The highest BCUT2D eigenvalue weighted by molar-refractivity contribution is 5.78. The summed E-state index contributed by atoms with van der Waals surface area (Å²) in [5, 5.41) is 6.87. The highest BCUT2D eigenvalue weighted by Gasteiger charge is 2.18. The Labute approximate surface area is 111 Å². The van der Waals surface area contributed by atoms with E-state index in [9.17, 15) is 4.79 Å². The molecule has 0 spiro atoms. The van der Waals surface area contributed by atoms with E-state index in [0.29, 0.717) is 19.6 Å². The Bertz CT molecular complexity index is 565. The van der Waals surface area contributed by atoms with Crippen molar-refractivity contribution in [3.8, 4) is 11.3 Å². The maximum Gasteiger partial charge on any atom is 0.234 e. The van der Waals surface area contributed by atoms with Crippen molar-refractivity contribution < 1.29 is 9.32 Å². The van der Waals surface area contributed by atoms with Crippen LogP contribution in [0.25, 0.3) is 11.3 Å². The number of amides is 1. The molecule has 5 nitrogen and oxygen atoms in total. The SMILES string of the molecule is O=C1CN(Cc2cc(-c3ccccc3)no2)CCN1. The molecule has 2 heterocycles. The van der Waals surface area contributed by atoms with E-state index in [1.807, 2.05) is 41.3 Å². The fourth-order valence-electron chi connectivity index (χ4n) is 2.18. The van der Waals surface area contributed by atoms with Gasteiger partial charge in [0.1, 0.15) is 5.69 Å². The lowest BCUT2D eigenvalue weighted by Gasteiger charge is -2.24. The number of hydrogen-bond acceptors (Lipinski definition) is 4. The zero-order valence-electron chi connectivity index (χ0n) is 10.5. The molecule has 0 unspecified atom stereocenters. The minimum absolute atomic E-state index is 0.0639. The molecule has 98 valence electrons. The van der Waals surface area contributed by atoms with Crippen molar-refractivity contribution in [3.63, 3.8) is 0 Å². The monoisotopic (exact) mass is 257 g/mol. The lowest BCUT2D eigenvalue weighted by molar-refractivity contribution is -0.124. The molecule has 1 saturated heterocycles. The Morgan fingerprint density at radius 1 is 1.32 bits per heavy atom. The van der Waals surface area contributed by atoms with Gasteiger partial charge in [0.2, 0.25) is 5.91 Å². The van der Waals surface area contributed by atoms with E-state index in [4.69, 9.17) is 4.52 Å². The number of rotatable bonds is 3. The van der Waals surface area contributed by atoms with Crippen LogP contribution < -0.4 is 5.32 Å². The van der Waals surface area contributed by atoms with Gasteiger partial charge in [0.25, 0.3) is 0 Å². The molecule has 1 N–H and O–H groups in total. The van der Waals surface area contributed by atoms with E-state index in [-0.39, 0.29) is 5.91 Å². The second kappa shape index (κ2) is 5.24. The first kappa shape index (κ1) is 11.9. The standard InChI is InChI=1S/C14H15N3O2/c18-14-10-17(7-6-15-14)9-12-8-13(16-19-12)11-4-2-1-3-5-11/h1-5,8H,6-7,9-10H2,(H,15,18). The molecule has 1 aromatic heterocycles. The van der Waals surface area contributed by atoms with Crippen molar-refractivity contribution in [1.82, 2.24) is 15.4 Å². The number of hydrogen-bond donors (Lipinski definition) is 1. The zero-order chi connectivity index (χ0) is 13.1. The average Bonchev–Trinajstić information content (AvgIpc) is 2.88. The van der Waals surface area contributed by atoms with Crippen molar-refractivity contribution in [1.29, 1.82) is 0 Å². The molecule has 1 amide bonds. The van der Waals surface area contributed by atoms with Crippen molar-refractivity contribution in [2.24, 2.45) is 0 Å². The molecule has 1 aliphatic rings. The van der Waals surface area contributed by atoms with Crippen LogP contribution >= 0.6 is 0 Å². The second-order valence-corrected chi connectivity index (χ2v) is 4.61. The van der Waals surface area contributed by atoms with E-state index in [2.05, 4.69) is 10.5 Å². The van der Waals surface area contributed by atoms with Gasteiger partial charge in [-0.1, -0.05) is 35.5 Å². The maximum absolute atomic E-state index is 11.3. The molecule has 1 fully saturated rings. The van der Waals surface area contributed by atoms with Crippen molar-refractivity contribution in [3.05, 3.63) is 42.2 Å². The lowest BCUT2D eigenvalue weighted by Crippen LogP contribution is -2.47. The summed E-state index contributed by atoms with van der Waals surface area (Å²) in [5.74, 6) is 0.850. The summed E-state index contributed by atoms with van der Waals surface area (Å²) in [6, 6.07) is 11.8. The van der Waals surface area contributed by atoms with Gasteiger partial charge in [0.15, 0.2) is 5.76 Å². The van der Waals surface area contributed by atoms with E-state index < -0.39 is 0 Å². The molecule has 5 heteroatoms. The first-order valence-corrected chi connectivity index (χ1v) is 6.31. The third-order valence-electron chi connectivity index (χ3n) is 3.13. The lowest BCUT2D eigenvalue weighted by atomic mass is 10.1. The Morgan fingerprint density at radius 2 is 2.16 bits per heavy atom. The normalized spacial score (nSPS) is 16.3. The number of carbonyl (C=O) groups is 1. The van der Waals surface area contributed by atoms with Crippen LogP contribution in [-0.4, -0.2) is 35.6 Å². The number of benzene rings is 1.